The molecule has 0 radical (unpaired) electrons. The van der Waals surface area contributed by atoms with Crippen LogP contribution in [0.4, 0.5) is 11.4 Å². The van der Waals surface area contributed by atoms with Crippen molar-refractivity contribution in [1.29, 1.82) is 0 Å². The summed E-state index contributed by atoms with van der Waals surface area (Å²) in [5, 5.41) is 0. The van der Waals surface area contributed by atoms with Crippen LogP contribution in [-0.2, 0) is 11.2 Å². The fraction of sp³-hybridized carbons (Fsp3) is 0.364. The lowest BCUT2D eigenvalue weighted by molar-refractivity contribution is -0.117. The van der Waals surface area contributed by atoms with E-state index in [0.29, 0.717) is 24.4 Å². The highest BCUT2D eigenvalue weighted by Gasteiger charge is 2.30. The average Bonchev–Trinajstić information content (AvgIpc) is 2.56. The second kappa shape index (κ2) is 3.46. The van der Waals surface area contributed by atoms with Crippen LogP contribution in [0.5, 0.6) is 5.75 Å². The van der Waals surface area contributed by atoms with Gasteiger partial charge in [-0.05, 0) is 19.1 Å². The molecular formula is C11H14N2O2. The fourth-order valence-corrected chi connectivity index (χ4v) is 1.98. The van der Waals surface area contributed by atoms with Gasteiger partial charge in [-0.15, -0.1) is 0 Å². The second-order valence-corrected chi connectivity index (χ2v) is 3.50. The SMILES string of the molecule is CCN1C(=O)Cc2c(N)ccc(OC)c21. The van der Waals surface area contributed by atoms with Gasteiger partial charge in [-0.3, -0.25) is 4.79 Å². The summed E-state index contributed by atoms with van der Waals surface area (Å²) in [6.07, 6.45) is 0.381. The lowest BCUT2D eigenvalue weighted by Gasteiger charge is -2.17. The van der Waals surface area contributed by atoms with Crippen LogP contribution in [0.3, 0.4) is 0 Å². The molecule has 0 unspecified atom stereocenters. The molecule has 80 valence electrons. The van der Waals surface area contributed by atoms with E-state index in [-0.39, 0.29) is 5.91 Å². The molecule has 1 aromatic rings. The number of nitrogens with zero attached hydrogens (tertiary/aromatic N) is 1. The largest absolute Gasteiger partial charge is 0.495 e. The third kappa shape index (κ3) is 1.33. The zero-order valence-corrected chi connectivity index (χ0v) is 8.91. The van der Waals surface area contributed by atoms with E-state index in [1.807, 2.05) is 6.92 Å². The fourth-order valence-electron chi connectivity index (χ4n) is 1.98. The number of hydrogen-bond donors (Lipinski definition) is 1. The van der Waals surface area contributed by atoms with Crippen LogP contribution in [0, 0.1) is 0 Å². The van der Waals surface area contributed by atoms with Crippen LogP contribution in [0.15, 0.2) is 12.1 Å². The maximum Gasteiger partial charge on any atom is 0.231 e. The predicted octanol–water partition coefficient (Wildman–Crippen LogP) is 1.19. The van der Waals surface area contributed by atoms with Crippen LogP contribution in [-0.4, -0.2) is 19.6 Å². The van der Waals surface area contributed by atoms with Crippen molar-refractivity contribution in [3.8, 4) is 5.75 Å². The van der Waals surface area contributed by atoms with Gasteiger partial charge in [-0.2, -0.15) is 0 Å². The molecule has 15 heavy (non-hydrogen) atoms. The number of hydrogen-bond acceptors (Lipinski definition) is 3. The molecule has 4 nitrogen and oxygen atoms in total. The summed E-state index contributed by atoms with van der Waals surface area (Å²) in [7, 11) is 1.60. The molecule has 0 aliphatic carbocycles. The van der Waals surface area contributed by atoms with E-state index in [1.54, 1.807) is 24.1 Å². The molecule has 1 heterocycles. The first kappa shape index (κ1) is 9.83. The van der Waals surface area contributed by atoms with Crippen molar-refractivity contribution in [2.24, 2.45) is 0 Å². The maximum atomic E-state index is 11.7. The number of nitrogens with two attached hydrogens (primary N) is 1. The summed E-state index contributed by atoms with van der Waals surface area (Å²) in [5.74, 6) is 0.801. The number of rotatable bonds is 2. The minimum absolute atomic E-state index is 0.0868. The summed E-state index contributed by atoms with van der Waals surface area (Å²) >= 11 is 0. The van der Waals surface area contributed by atoms with Crippen LogP contribution in [0.2, 0.25) is 0 Å². The normalized spacial score (nSPS) is 14.3. The Hall–Kier alpha value is -1.71. The first-order valence-electron chi connectivity index (χ1n) is 4.94. The van der Waals surface area contributed by atoms with Crippen LogP contribution in [0.1, 0.15) is 12.5 Å². The van der Waals surface area contributed by atoms with Crippen LogP contribution >= 0.6 is 0 Å². The topological polar surface area (TPSA) is 55.6 Å². The van der Waals surface area contributed by atoms with Gasteiger partial charge < -0.3 is 15.4 Å². The van der Waals surface area contributed by atoms with Crippen molar-refractivity contribution < 1.29 is 9.53 Å². The number of benzene rings is 1. The molecule has 0 bridgehead atoms. The quantitative estimate of drug-likeness (QED) is 0.739. The Morgan fingerprint density at radius 3 is 2.87 bits per heavy atom. The lowest BCUT2D eigenvalue weighted by Crippen LogP contribution is -2.26. The lowest BCUT2D eigenvalue weighted by atomic mass is 10.1. The number of anilines is 2. The van der Waals surface area contributed by atoms with Gasteiger partial charge in [0.1, 0.15) is 5.75 Å². The molecular weight excluding hydrogens is 192 g/mol. The van der Waals surface area contributed by atoms with Crippen molar-refractivity contribution in [3.05, 3.63) is 17.7 Å². The van der Waals surface area contributed by atoms with E-state index in [4.69, 9.17) is 10.5 Å². The molecule has 2 rings (SSSR count). The number of ether oxygens (including phenoxy) is 1. The summed E-state index contributed by atoms with van der Waals surface area (Å²) in [5.41, 5.74) is 8.23. The molecule has 1 aromatic carbocycles. The first-order valence-corrected chi connectivity index (χ1v) is 4.94. The van der Waals surface area contributed by atoms with Gasteiger partial charge in [0.2, 0.25) is 5.91 Å². The van der Waals surface area contributed by atoms with E-state index >= 15 is 0 Å². The molecule has 1 aliphatic rings. The highest BCUT2D eigenvalue weighted by Crippen LogP contribution is 2.40. The third-order valence-electron chi connectivity index (χ3n) is 2.72. The zero-order chi connectivity index (χ0) is 11.0. The van der Waals surface area contributed by atoms with Gasteiger partial charge in [0, 0.05) is 17.8 Å². The Kier molecular flexibility index (Phi) is 2.26. The number of carbonyl (C=O) groups is 1. The van der Waals surface area contributed by atoms with Gasteiger partial charge in [0.05, 0.1) is 19.2 Å². The molecule has 0 aromatic heterocycles. The first-order chi connectivity index (χ1) is 7.19. The van der Waals surface area contributed by atoms with Crippen molar-refractivity contribution >= 4 is 17.3 Å². The molecule has 4 heteroatoms. The van der Waals surface area contributed by atoms with Crippen molar-refractivity contribution in [1.82, 2.24) is 0 Å². The summed E-state index contributed by atoms with van der Waals surface area (Å²) < 4.78 is 5.24. The molecule has 1 amide bonds. The number of amides is 1. The highest BCUT2D eigenvalue weighted by atomic mass is 16.5. The summed E-state index contributed by atoms with van der Waals surface area (Å²) in [6, 6.07) is 3.58. The molecule has 0 saturated heterocycles. The summed E-state index contributed by atoms with van der Waals surface area (Å²) in [4.78, 5) is 13.4. The number of carbonyl (C=O) groups excluding carboxylic acids is 1. The number of nitrogen functional groups attached to an aromatic ring is 1. The number of methoxy groups -OCH3 is 1. The van der Waals surface area contributed by atoms with E-state index in [9.17, 15) is 4.79 Å². The molecule has 0 fully saturated rings. The van der Waals surface area contributed by atoms with Crippen LogP contribution in [0.25, 0.3) is 0 Å². The van der Waals surface area contributed by atoms with Gasteiger partial charge in [0.15, 0.2) is 0 Å². The van der Waals surface area contributed by atoms with Crippen molar-refractivity contribution in [2.75, 3.05) is 24.3 Å². The highest BCUT2D eigenvalue weighted by molar-refractivity contribution is 6.04. The van der Waals surface area contributed by atoms with Gasteiger partial charge >= 0.3 is 0 Å². The zero-order valence-electron chi connectivity index (χ0n) is 8.91. The summed E-state index contributed by atoms with van der Waals surface area (Å²) in [6.45, 7) is 2.58. The Morgan fingerprint density at radius 2 is 2.27 bits per heavy atom. The Balaban J connectivity index is 2.61. The average molecular weight is 206 g/mol. The van der Waals surface area contributed by atoms with Gasteiger partial charge in [-0.25, -0.2) is 0 Å². The standard InChI is InChI=1S/C11H14N2O2/c1-3-13-10(14)6-7-8(12)4-5-9(15-2)11(7)13/h4-5H,3,6,12H2,1-2H3. The Morgan fingerprint density at radius 1 is 1.53 bits per heavy atom. The van der Waals surface area contributed by atoms with Gasteiger partial charge in [0.25, 0.3) is 0 Å². The van der Waals surface area contributed by atoms with Crippen LogP contribution < -0.4 is 15.4 Å². The van der Waals surface area contributed by atoms with E-state index in [0.717, 1.165) is 11.3 Å². The Labute approximate surface area is 88.6 Å². The van der Waals surface area contributed by atoms with Crippen molar-refractivity contribution in [3.63, 3.8) is 0 Å². The number of likely N-dealkylation sites (N-methyl/N-ethyl adjacent to an activating group) is 1. The molecule has 0 spiro atoms. The second-order valence-electron chi connectivity index (χ2n) is 3.50. The predicted molar refractivity (Wildman–Crippen MR) is 59.1 cm³/mol. The number of fused-ring (bicyclic) bond motifs is 1. The molecule has 2 N–H and O–H groups in total. The monoisotopic (exact) mass is 206 g/mol. The maximum absolute atomic E-state index is 11.7. The van der Waals surface area contributed by atoms with Crippen molar-refractivity contribution in [2.45, 2.75) is 13.3 Å². The minimum Gasteiger partial charge on any atom is -0.495 e. The van der Waals surface area contributed by atoms with E-state index in [1.165, 1.54) is 0 Å². The smallest absolute Gasteiger partial charge is 0.231 e. The molecule has 1 aliphatic heterocycles. The van der Waals surface area contributed by atoms with E-state index in [2.05, 4.69) is 0 Å². The van der Waals surface area contributed by atoms with Gasteiger partial charge in [-0.1, -0.05) is 0 Å². The minimum atomic E-state index is 0.0868. The third-order valence-corrected chi connectivity index (χ3v) is 2.72. The van der Waals surface area contributed by atoms with E-state index < -0.39 is 0 Å². The molecule has 0 atom stereocenters. The Bertz CT molecular complexity index is 415. The molecule has 0 saturated carbocycles.